The van der Waals surface area contributed by atoms with Crippen molar-refractivity contribution in [3.05, 3.63) is 5.82 Å². The molecule has 0 aliphatic rings. The molecular formula is C3H5N5O. The van der Waals surface area contributed by atoms with Gasteiger partial charge in [0.15, 0.2) is 5.82 Å². The van der Waals surface area contributed by atoms with Crippen molar-refractivity contribution in [2.75, 3.05) is 5.84 Å². The number of rotatable bonds is 2. The number of carbonyl (C=O) groups excluding carboxylic acids is 1. The maximum atomic E-state index is 9.86. The van der Waals surface area contributed by atoms with E-state index in [0.717, 1.165) is 4.79 Å². The summed E-state index contributed by atoms with van der Waals surface area (Å²) in [6.45, 7) is 0. The Bertz CT molecular complexity index is 206. The Morgan fingerprint density at radius 1 is 1.78 bits per heavy atom. The van der Waals surface area contributed by atoms with Crippen LogP contribution < -0.4 is 5.84 Å². The molecule has 0 fully saturated rings. The minimum Gasteiger partial charge on any atom is -0.320 e. The van der Waals surface area contributed by atoms with E-state index in [0.29, 0.717) is 12.1 Å². The molecule has 1 aromatic heterocycles. The summed E-state index contributed by atoms with van der Waals surface area (Å²) in [7, 11) is 0. The first-order valence-corrected chi connectivity index (χ1v) is 2.30. The highest BCUT2D eigenvalue weighted by Crippen LogP contribution is 1.82. The Morgan fingerprint density at radius 2 is 2.56 bits per heavy atom. The molecule has 0 aromatic carbocycles. The van der Waals surface area contributed by atoms with Gasteiger partial charge in [0.25, 0.3) is 0 Å². The van der Waals surface area contributed by atoms with E-state index in [4.69, 9.17) is 5.84 Å². The van der Waals surface area contributed by atoms with Gasteiger partial charge < -0.3 is 10.6 Å². The topological polar surface area (TPSA) is 86.7 Å². The molecule has 2 N–H and O–H groups in total. The highest BCUT2D eigenvalue weighted by atomic mass is 16.1. The number of tetrazole rings is 1. The molecule has 1 heterocycles. The Kier molecular flexibility index (Phi) is 1.39. The summed E-state index contributed by atoms with van der Waals surface area (Å²) in [6, 6.07) is 0. The molecule has 48 valence electrons. The van der Waals surface area contributed by atoms with E-state index in [-0.39, 0.29) is 6.42 Å². The van der Waals surface area contributed by atoms with Gasteiger partial charge >= 0.3 is 0 Å². The minimum absolute atomic E-state index is 0.156. The quantitative estimate of drug-likeness (QED) is 0.371. The van der Waals surface area contributed by atoms with Crippen LogP contribution in [0.1, 0.15) is 5.82 Å². The smallest absolute Gasteiger partial charge is 0.181 e. The van der Waals surface area contributed by atoms with Gasteiger partial charge in [0, 0.05) is 0 Å². The largest absolute Gasteiger partial charge is 0.320 e. The van der Waals surface area contributed by atoms with Crippen LogP contribution in [0.4, 0.5) is 0 Å². The molecule has 1 rings (SSSR count). The van der Waals surface area contributed by atoms with Crippen molar-refractivity contribution in [1.29, 1.82) is 0 Å². The fourth-order valence-corrected chi connectivity index (χ4v) is 0.421. The van der Waals surface area contributed by atoms with Gasteiger partial charge in [-0.2, -0.15) is 0 Å². The summed E-state index contributed by atoms with van der Waals surface area (Å²) in [5.74, 6) is 5.51. The van der Waals surface area contributed by atoms with E-state index in [1.54, 1.807) is 0 Å². The second-order valence-electron chi connectivity index (χ2n) is 1.41. The lowest BCUT2D eigenvalue weighted by molar-refractivity contribution is -0.107. The fourth-order valence-electron chi connectivity index (χ4n) is 0.421. The molecule has 0 bridgehead atoms. The normalized spacial score (nSPS) is 9.33. The fraction of sp³-hybridized carbons (Fsp3) is 0.333. The number of aldehydes is 1. The van der Waals surface area contributed by atoms with Gasteiger partial charge in [-0.25, -0.2) is 0 Å². The number of nitrogens with two attached hydrogens (primary N) is 1. The predicted octanol–water partition coefficient (Wildman–Crippen LogP) is -1.87. The Hall–Kier alpha value is -1.46. The Balaban J connectivity index is 2.80. The lowest BCUT2D eigenvalue weighted by Crippen LogP contribution is -2.14. The van der Waals surface area contributed by atoms with Crippen molar-refractivity contribution < 1.29 is 4.79 Å². The van der Waals surface area contributed by atoms with Gasteiger partial charge in [-0.15, -0.1) is 9.89 Å². The molecular weight excluding hydrogens is 122 g/mol. The summed E-state index contributed by atoms with van der Waals surface area (Å²) in [6.07, 6.45) is 0.846. The second kappa shape index (κ2) is 2.21. The average molecular weight is 127 g/mol. The maximum Gasteiger partial charge on any atom is 0.181 e. The summed E-state index contributed by atoms with van der Waals surface area (Å²) < 4.78 is 0. The third-order valence-corrected chi connectivity index (χ3v) is 0.827. The van der Waals surface area contributed by atoms with Gasteiger partial charge in [-0.3, -0.25) is 0 Å². The van der Waals surface area contributed by atoms with Gasteiger partial charge in [0.1, 0.15) is 6.29 Å². The Morgan fingerprint density at radius 3 is 3.00 bits per heavy atom. The van der Waals surface area contributed by atoms with Gasteiger partial charge in [-0.05, 0) is 10.4 Å². The van der Waals surface area contributed by atoms with Crippen molar-refractivity contribution in [3.8, 4) is 0 Å². The van der Waals surface area contributed by atoms with E-state index in [9.17, 15) is 4.79 Å². The number of carbonyl (C=O) groups is 1. The molecule has 0 saturated carbocycles. The third kappa shape index (κ3) is 1.01. The van der Waals surface area contributed by atoms with Crippen LogP contribution in [-0.4, -0.2) is 26.6 Å². The summed E-state index contributed by atoms with van der Waals surface area (Å²) in [5.41, 5.74) is 0. The number of hydrogen-bond acceptors (Lipinski definition) is 5. The van der Waals surface area contributed by atoms with Crippen LogP contribution in [0.3, 0.4) is 0 Å². The standard InChI is InChI=1S/C3H5N5O/c4-8-3(1-2-9)5-6-7-8/h2H,1,4H2. The first-order valence-electron chi connectivity index (χ1n) is 2.30. The van der Waals surface area contributed by atoms with Crippen LogP contribution in [0, 0.1) is 0 Å². The van der Waals surface area contributed by atoms with E-state index < -0.39 is 0 Å². The number of hydrogen-bond donors (Lipinski definition) is 1. The van der Waals surface area contributed by atoms with Gasteiger partial charge in [0.05, 0.1) is 6.42 Å². The van der Waals surface area contributed by atoms with Crippen LogP contribution in [0.25, 0.3) is 0 Å². The van der Waals surface area contributed by atoms with Crippen LogP contribution in [0.2, 0.25) is 0 Å². The number of nitrogens with zero attached hydrogens (tertiary/aromatic N) is 4. The molecule has 0 unspecified atom stereocenters. The highest BCUT2D eigenvalue weighted by Gasteiger charge is 1.98. The van der Waals surface area contributed by atoms with Gasteiger partial charge in [0.2, 0.25) is 0 Å². The lowest BCUT2D eigenvalue weighted by Gasteiger charge is -1.87. The molecule has 6 nitrogen and oxygen atoms in total. The first-order chi connectivity index (χ1) is 4.34. The molecule has 0 atom stereocenters. The molecule has 0 amide bonds. The summed E-state index contributed by atoms with van der Waals surface area (Å²) in [5, 5.41) is 9.98. The van der Waals surface area contributed by atoms with E-state index in [2.05, 4.69) is 15.5 Å². The second-order valence-corrected chi connectivity index (χ2v) is 1.41. The molecule has 9 heavy (non-hydrogen) atoms. The summed E-state index contributed by atoms with van der Waals surface area (Å²) in [4.78, 5) is 10.8. The molecule has 0 spiro atoms. The van der Waals surface area contributed by atoms with Crippen LogP contribution >= 0.6 is 0 Å². The van der Waals surface area contributed by atoms with E-state index in [1.165, 1.54) is 0 Å². The van der Waals surface area contributed by atoms with Crippen LogP contribution in [0.5, 0.6) is 0 Å². The van der Waals surface area contributed by atoms with Crippen LogP contribution in [0.15, 0.2) is 0 Å². The van der Waals surface area contributed by atoms with Gasteiger partial charge in [-0.1, -0.05) is 0 Å². The van der Waals surface area contributed by atoms with E-state index >= 15 is 0 Å². The molecule has 6 heteroatoms. The Labute approximate surface area is 50.6 Å². The number of nitrogen functional groups attached to an aromatic ring is 1. The van der Waals surface area contributed by atoms with Crippen molar-refractivity contribution in [2.45, 2.75) is 6.42 Å². The lowest BCUT2D eigenvalue weighted by atomic mass is 10.5. The predicted molar refractivity (Wildman–Crippen MR) is 27.7 cm³/mol. The molecule has 0 saturated heterocycles. The molecule has 1 aromatic rings. The molecule has 0 aliphatic carbocycles. The highest BCUT2D eigenvalue weighted by molar-refractivity contribution is 5.52. The van der Waals surface area contributed by atoms with Crippen molar-refractivity contribution in [3.63, 3.8) is 0 Å². The zero-order chi connectivity index (χ0) is 6.69. The van der Waals surface area contributed by atoms with E-state index in [1.807, 2.05) is 0 Å². The third-order valence-electron chi connectivity index (χ3n) is 0.827. The SMILES string of the molecule is Nn1nnnc1CC=O. The minimum atomic E-state index is 0.156. The molecule has 0 aliphatic heterocycles. The van der Waals surface area contributed by atoms with Crippen LogP contribution in [-0.2, 0) is 11.2 Å². The van der Waals surface area contributed by atoms with Crippen molar-refractivity contribution >= 4 is 6.29 Å². The zero-order valence-corrected chi connectivity index (χ0v) is 4.56. The number of aromatic nitrogens is 4. The average Bonchev–Trinajstić information content (AvgIpc) is 2.18. The zero-order valence-electron chi connectivity index (χ0n) is 4.56. The van der Waals surface area contributed by atoms with Crippen molar-refractivity contribution in [2.24, 2.45) is 0 Å². The molecule has 0 radical (unpaired) electrons. The summed E-state index contributed by atoms with van der Waals surface area (Å²) >= 11 is 0. The first kappa shape index (κ1) is 5.67. The monoisotopic (exact) mass is 127 g/mol. The maximum absolute atomic E-state index is 9.86. The van der Waals surface area contributed by atoms with Crippen molar-refractivity contribution in [1.82, 2.24) is 20.3 Å².